The maximum absolute atomic E-state index is 11.6. The Hall–Kier alpha value is -1.26. The minimum Gasteiger partial charge on any atom is -0.480 e. The standard InChI is InChI=1S/C14H26N4O2/c1-13(2,3)11-5-7-14(8-6-11,12(19)20)16-9-4-10-17-18-15/h11,16H,4-10H2,1-3H3,(H,19,20). The second kappa shape index (κ2) is 6.95. The number of hydrogen-bond donors (Lipinski definition) is 2. The van der Waals surface area contributed by atoms with Crippen LogP contribution in [0.5, 0.6) is 0 Å². The summed E-state index contributed by atoms with van der Waals surface area (Å²) < 4.78 is 0. The van der Waals surface area contributed by atoms with Gasteiger partial charge in [0.15, 0.2) is 0 Å². The van der Waals surface area contributed by atoms with Gasteiger partial charge in [-0.1, -0.05) is 25.9 Å². The third-order valence-corrected chi connectivity index (χ3v) is 4.43. The molecule has 1 rings (SSSR count). The molecule has 0 saturated heterocycles. The molecular weight excluding hydrogens is 256 g/mol. The first-order valence-corrected chi connectivity index (χ1v) is 7.31. The van der Waals surface area contributed by atoms with Crippen molar-refractivity contribution in [1.82, 2.24) is 5.32 Å². The number of nitrogens with zero attached hydrogens (tertiary/aromatic N) is 3. The van der Waals surface area contributed by atoms with E-state index in [0.29, 0.717) is 38.3 Å². The first-order chi connectivity index (χ1) is 9.32. The van der Waals surface area contributed by atoms with E-state index in [1.165, 1.54) is 0 Å². The monoisotopic (exact) mass is 282 g/mol. The highest BCUT2D eigenvalue weighted by Crippen LogP contribution is 2.41. The predicted molar refractivity (Wildman–Crippen MR) is 78.4 cm³/mol. The summed E-state index contributed by atoms with van der Waals surface area (Å²) in [5.41, 5.74) is 7.65. The van der Waals surface area contributed by atoms with Crippen molar-refractivity contribution in [3.8, 4) is 0 Å². The molecule has 114 valence electrons. The van der Waals surface area contributed by atoms with E-state index in [1.807, 2.05) is 0 Å². The third kappa shape index (κ3) is 4.39. The Kier molecular flexibility index (Phi) is 5.84. The normalized spacial score (nSPS) is 26.9. The predicted octanol–water partition coefficient (Wildman–Crippen LogP) is 3.34. The summed E-state index contributed by atoms with van der Waals surface area (Å²) in [6.45, 7) is 7.64. The van der Waals surface area contributed by atoms with Crippen LogP contribution in [0.1, 0.15) is 52.9 Å². The zero-order chi connectivity index (χ0) is 15.2. The van der Waals surface area contributed by atoms with E-state index in [-0.39, 0.29) is 5.41 Å². The fraction of sp³-hybridized carbons (Fsp3) is 0.929. The molecule has 0 unspecified atom stereocenters. The third-order valence-electron chi connectivity index (χ3n) is 4.43. The van der Waals surface area contributed by atoms with E-state index in [1.54, 1.807) is 0 Å². The number of nitrogens with one attached hydrogen (secondary N) is 1. The SMILES string of the molecule is CC(C)(C)C1CCC(NCCCN=[N+]=[N-])(C(=O)O)CC1. The highest BCUT2D eigenvalue weighted by atomic mass is 16.4. The Morgan fingerprint density at radius 3 is 2.50 bits per heavy atom. The average molecular weight is 282 g/mol. The van der Waals surface area contributed by atoms with Crippen LogP contribution in [0.3, 0.4) is 0 Å². The van der Waals surface area contributed by atoms with Crippen molar-refractivity contribution in [1.29, 1.82) is 0 Å². The lowest BCUT2D eigenvalue weighted by Crippen LogP contribution is -2.55. The maximum Gasteiger partial charge on any atom is 0.323 e. The summed E-state index contributed by atoms with van der Waals surface area (Å²) in [5.74, 6) is -0.173. The topological polar surface area (TPSA) is 98.1 Å². The van der Waals surface area contributed by atoms with Crippen LogP contribution in [0.25, 0.3) is 10.4 Å². The summed E-state index contributed by atoms with van der Waals surface area (Å²) in [7, 11) is 0. The molecule has 6 nitrogen and oxygen atoms in total. The van der Waals surface area contributed by atoms with Crippen LogP contribution in [-0.2, 0) is 4.79 Å². The van der Waals surface area contributed by atoms with Gasteiger partial charge in [0.25, 0.3) is 0 Å². The van der Waals surface area contributed by atoms with Gasteiger partial charge in [-0.2, -0.15) is 0 Å². The molecule has 1 aliphatic carbocycles. The summed E-state index contributed by atoms with van der Waals surface area (Å²) in [6.07, 6.45) is 3.90. The highest BCUT2D eigenvalue weighted by Gasteiger charge is 2.43. The lowest BCUT2D eigenvalue weighted by atomic mass is 9.67. The number of aliphatic carboxylic acids is 1. The minimum absolute atomic E-state index is 0.242. The van der Waals surface area contributed by atoms with Crippen molar-refractivity contribution in [3.63, 3.8) is 0 Å². The summed E-state index contributed by atoms with van der Waals surface area (Å²) in [6, 6.07) is 0. The molecule has 0 radical (unpaired) electrons. The molecule has 0 aromatic carbocycles. The highest BCUT2D eigenvalue weighted by molar-refractivity contribution is 5.78. The Morgan fingerprint density at radius 1 is 1.45 bits per heavy atom. The molecule has 0 atom stereocenters. The molecule has 1 aliphatic rings. The van der Waals surface area contributed by atoms with Crippen LogP contribution in [-0.4, -0.2) is 29.7 Å². The average Bonchev–Trinajstić information content (AvgIpc) is 2.37. The maximum atomic E-state index is 11.6. The van der Waals surface area contributed by atoms with Gasteiger partial charge in [0.1, 0.15) is 5.54 Å². The second-order valence-electron chi connectivity index (χ2n) is 6.76. The molecule has 2 N–H and O–H groups in total. The molecule has 20 heavy (non-hydrogen) atoms. The van der Waals surface area contributed by atoms with E-state index in [4.69, 9.17) is 5.53 Å². The Balaban J connectivity index is 2.54. The number of carboxylic acid groups (broad SMARTS) is 1. The molecule has 0 bridgehead atoms. The molecule has 0 spiro atoms. The van der Waals surface area contributed by atoms with Crippen LogP contribution >= 0.6 is 0 Å². The van der Waals surface area contributed by atoms with Gasteiger partial charge in [0, 0.05) is 11.5 Å². The molecule has 0 amide bonds. The zero-order valence-corrected chi connectivity index (χ0v) is 12.7. The number of rotatable bonds is 6. The fourth-order valence-electron chi connectivity index (χ4n) is 2.97. The van der Waals surface area contributed by atoms with E-state index < -0.39 is 11.5 Å². The Morgan fingerprint density at radius 2 is 2.05 bits per heavy atom. The van der Waals surface area contributed by atoms with Crippen molar-refractivity contribution in [2.24, 2.45) is 16.4 Å². The summed E-state index contributed by atoms with van der Waals surface area (Å²) in [4.78, 5) is 14.3. The van der Waals surface area contributed by atoms with Gasteiger partial charge >= 0.3 is 5.97 Å². The fourth-order valence-corrected chi connectivity index (χ4v) is 2.97. The van der Waals surface area contributed by atoms with Gasteiger partial charge in [-0.3, -0.25) is 4.79 Å². The molecule has 1 saturated carbocycles. The number of azide groups is 1. The van der Waals surface area contributed by atoms with Crippen molar-refractivity contribution in [2.75, 3.05) is 13.1 Å². The molecule has 6 heteroatoms. The molecule has 1 fully saturated rings. The van der Waals surface area contributed by atoms with Gasteiger partial charge < -0.3 is 10.4 Å². The van der Waals surface area contributed by atoms with Crippen molar-refractivity contribution in [2.45, 2.75) is 58.4 Å². The molecule has 0 aromatic rings. The first-order valence-electron chi connectivity index (χ1n) is 7.31. The number of carbonyl (C=O) groups is 1. The van der Waals surface area contributed by atoms with Crippen molar-refractivity contribution >= 4 is 5.97 Å². The summed E-state index contributed by atoms with van der Waals surface area (Å²) >= 11 is 0. The van der Waals surface area contributed by atoms with E-state index >= 15 is 0 Å². The van der Waals surface area contributed by atoms with Gasteiger partial charge in [-0.05, 0) is 55.5 Å². The van der Waals surface area contributed by atoms with Gasteiger partial charge in [-0.25, -0.2) is 0 Å². The van der Waals surface area contributed by atoms with Crippen LogP contribution in [0, 0.1) is 11.3 Å². The van der Waals surface area contributed by atoms with Crippen molar-refractivity contribution < 1.29 is 9.90 Å². The van der Waals surface area contributed by atoms with Gasteiger partial charge in [0.05, 0.1) is 0 Å². The molecular formula is C14H26N4O2. The van der Waals surface area contributed by atoms with Crippen LogP contribution in [0.2, 0.25) is 0 Å². The quantitative estimate of drug-likeness (QED) is 0.338. The summed E-state index contributed by atoms with van der Waals surface area (Å²) in [5, 5.41) is 16.2. The van der Waals surface area contributed by atoms with E-state index in [0.717, 1.165) is 12.8 Å². The Bertz CT molecular complexity index is 375. The van der Waals surface area contributed by atoms with Crippen LogP contribution in [0.15, 0.2) is 5.11 Å². The lowest BCUT2D eigenvalue weighted by Gasteiger charge is -2.42. The van der Waals surface area contributed by atoms with Gasteiger partial charge in [0.2, 0.25) is 0 Å². The van der Waals surface area contributed by atoms with Crippen LogP contribution in [0.4, 0.5) is 0 Å². The molecule has 0 aromatic heterocycles. The molecule has 0 aliphatic heterocycles. The van der Waals surface area contributed by atoms with E-state index in [9.17, 15) is 9.90 Å². The minimum atomic E-state index is -0.794. The van der Waals surface area contributed by atoms with E-state index in [2.05, 4.69) is 36.1 Å². The smallest absolute Gasteiger partial charge is 0.323 e. The molecule has 0 heterocycles. The Labute approximate surface area is 120 Å². The largest absolute Gasteiger partial charge is 0.480 e. The second-order valence-corrected chi connectivity index (χ2v) is 6.76. The zero-order valence-electron chi connectivity index (χ0n) is 12.7. The van der Waals surface area contributed by atoms with Crippen molar-refractivity contribution in [3.05, 3.63) is 10.4 Å². The lowest BCUT2D eigenvalue weighted by molar-refractivity contribution is -0.147. The first kappa shape index (κ1) is 16.8. The number of carboxylic acids is 1. The van der Waals surface area contributed by atoms with Gasteiger partial charge in [-0.15, -0.1) is 0 Å². The number of hydrogen-bond acceptors (Lipinski definition) is 3. The van der Waals surface area contributed by atoms with Crippen LogP contribution < -0.4 is 5.32 Å².